The first-order valence-corrected chi connectivity index (χ1v) is 5.26. The van der Waals surface area contributed by atoms with Gasteiger partial charge in [0.15, 0.2) is 0 Å². The van der Waals surface area contributed by atoms with Crippen molar-refractivity contribution in [3.63, 3.8) is 0 Å². The summed E-state index contributed by atoms with van der Waals surface area (Å²) in [6.45, 7) is 0. The van der Waals surface area contributed by atoms with Crippen LogP contribution in [0.25, 0.3) is 11.6 Å². The Morgan fingerprint density at radius 3 is 2.73 bits per heavy atom. The molecule has 0 bridgehead atoms. The second kappa shape index (κ2) is 3.43. The summed E-state index contributed by atoms with van der Waals surface area (Å²) in [5, 5.41) is 0. The van der Waals surface area contributed by atoms with Gasteiger partial charge in [-0.05, 0) is 47.8 Å². The predicted molar refractivity (Wildman–Crippen MR) is 61.3 cm³/mol. The van der Waals surface area contributed by atoms with Crippen molar-refractivity contribution >= 4 is 11.6 Å². The van der Waals surface area contributed by atoms with E-state index < -0.39 is 0 Å². The van der Waals surface area contributed by atoms with Gasteiger partial charge in [-0.2, -0.15) is 0 Å². The van der Waals surface area contributed by atoms with E-state index in [0.29, 0.717) is 0 Å². The Hall–Kier alpha value is -1.76. The lowest BCUT2D eigenvalue weighted by molar-refractivity contribution is 0.550. The van der Waals surface area contributed by atoms with Crippen LogP contribution in [0.3, 0.4) is 0 Å². The molecular formula is C14H12O. The van der Waals surface area contributed by atoms with Crippen LogP contribution in [0, 0.1) is 0 Å². The van der Waals surface area contributed by atoms with Crippen molar-refractivity contribution in [2.75, 3.05) is 0 Å². The molecule has 1 heterocycles. The first-order chi connectivity index (χ1) is 7.43. The zero-order valence-corrected chi connectivity index (χ0v) is 8.44. The highest BCUT2D eigenvalue weighted by Gasteiger charge is 2.12. The average molecular weight is 196 g/mol. The Bertz CT molecular complexity index is 492. The van der Waals surface area contributed by atoms with Crippen LogP contribution in [0.15, 0.2) is 47.1 Å². The van der Waals surface area contributed by atoms with Crippen molar-refractivity contribution < 1.29 is 4.42 Å². The van der Waals surface area contributed by atoms with Gasteiger partial charge in [-0.1, -0.05) is 24.3 Å². The molecule has 0 saturated carbocycles. The number of hydrogen-bond donors (Lipinski definition) is 0. The van der Waals surface area contributed by atoms with Gasteiger partial charge in [-0.3, -0.25) is 0 Å². The van der Waals surface area contributed by atoms with Gasteiger partial charge in [0.05, 0.1) is 6.26 Å². The van der Waals surface area contributed by atoms with Crippen molar-refractivity contribution in [2.45, 2.75) is 12.8 Å². The van der Waals surface area contributed by atoms with Crippen LogP contribution in [-0.4, -0.2) is 0 Å². The molecule has 0 unspecified atom stereocenters. The van der Waals surface area contributed by atoms with Crippen molar-refractivity contribution in [3.8, 4) is 0 Å². The molecule has 0 radical (unpaired) electrons. The number of benzene rings is 1. The third kappa shape index (κ3) is 1.50. The highest BCUT2D eigenvalue weighted by Crippen LogP contribution is 2.30. The van der Waals surface area contributed by atoms with Crippen LogP contribution in [-0.2, 0) is 6.42 Å². The van der Waals surface area contributed by atoms with Crippen LogP contribution in [0.5, 0.6) is 0 Å². The summed E-state index contributed by atoms with van der Waals surface area (Å²) in [5.41, 5.74) is 4.07. The van der Waals surface area contributed by atoms with Gasteiger partial charge < -0.3 is 4.42 Å². The van der Waals surface area contributed by atoms with Gasteiger partial charge in [0.1, 0.15) is 5.76 Å². The van der Waals surface area contributed by atoms with Crippen LogP contribution < -0.4 is 0 Å². The first-order valence-electron chi connectivity index (χ1n) is 5.26. The third-order valence-electron chi connectivity index (χ3n) is 2.89. The SMILES string of the molecule is C1=C(c2ccco2)CCc2ccccc21. The Balaban J connectivity index is 2.06. The number of allylic oxidation sites excluding steroid dienone is 1. The van der Waals surface area contributed by atoms with E-state index >= 15 is 0 Å². The maximum absolute atomic E-state index is 5.42. The van der Waals surface area contributed by atoms with Gasteiger partial charge >= 0.3 is 0 Å². The number of rotatable bonds is 1. The molecule has 1 aliphatic carbocycles. The normalized spacial score (nSPS) is 14.5. The van der Waals surface area contributed by atoms with E-state index in [-0.39, 0.29) is 0 Å². The summed E-state index contributed by atoms with van der Waals surface area (Å²) in [7, 11) is 0. The highest BCUT2D eigenvalue weighted by molar-refractivity contribution is 5.82. The van der Waals surface area contributed by atoms with Gasteiger partial charge in [0.25, 0.3) is 0 Å². The number of fused-ring (bicyclic) bond motifs is 1. The molecule has 1 aromatic heterocycles. The molecule has 15 heavy (non-hydrogen) atoms. The second-order valence-electron chi connectivity index (χ2n) is 3.85. The smallest absolute Gasteiger partial charge is 0.129 e. The molecule has 1 aliphatic rings. The van der Waals surface area contributed by atoms with E-state index in [4.69, 9.17) is 4.42 Å². The number of aryl methyl sites for hydroxylation is 1. The fourth-order valence-electron chi connectivity index (χ4n) is 2.09. The van der Waals surface area contributed by atoms with Crippen LogP contribution in [0.1, 0.15) is 23.3 Å². The summed E-state index contributed by atoms with van der Waals surface area (Å²) in [6, 6.07) is 12.5. The molecular weight excluding hydrogens is 184 g/mol. The molecule has 1 heteroatoms. The molecule has 0 fully saturated rings. The van der Waals surface area contributed by atoms with E-state index in [1.54, 1.807) is 6.26 Å². The zero-order valence-electron chi connectivity index (χ0n) is 8.44. The standard InChI is InChI=1S/C14H12O/c1-2-5-12-10-13(8-7-11(12)4-1)14-6-3-9-15-14/h1-6,9-10H,7-8H2. The maximum Gasteiger partial charge on any atom is 0.129 e. The van der Waals surface area contributed by atoms with Crippen molar-refractivity contribution in [2.24, 2.45) is 0 Å². The molecule has 0 amide bonds. The minimum absolute atomic E-state index is 1.00. The van der Waals surface area contributed by atoms with Crippen LogP contribution >= 0.6 is 0 Å². The molecule has 0 saturated heterocycles. The summed E-state index contributed by atoms with van der Waals surface area (Å²) >= 11 is 0. The molecule has 0 N–H and O–H groups in total. The summed E-state index contributed by atoms with van der Waals surface area (Å²) in [5.74, 6) is 1.00. The lowest BCUT2D eigenvalue weighted by atomic mass is 9.91. The molecule has 1 nitrogen and oxygen atoms in total. The molecule has 3 rings (SSSR count). The predicted octanol–water partition coefficient (Wildman–Crippen LogP) is 3.77. The topological polar surface area (TPSA) is 13.1 Å². The van der Waals surface area contributed by atoms with Crippen LogP contribution in [0.2, 0.25) is 0 Å². The molecule has 0 spiro atoms. The van der Waals surface area contributed by atoms with Crippen molar-refractivity contribution in [1.82, 2.24) is 0 Å². The summed E-state index contributed by atoms with van der Waals surface area (Å²) < 4.78 is 5.42. The Labute approximate surface area is 89.0 Å². The maximum atomic E-state index is 5.42. The van der Waals surface area contributed by atoms with Crippen molar-refractivity contribution in [1.29, 1.82) is 0 Å². The summed E-state index contributed by atoms with van der Waals surface area (Å²) in [6.07, 6.45) is 6.15. The lowest BCUT2D eigenvalue weighted by Gasteiger charge is -2.14. The molecule has 74 valence electrons. The fraction of sp³-hybridized carbons (Fsp3) is 0.143. The molecule has 0 aliphatic heterocycles. The Morgan fingerprint density at radius 2 is 1.87 bits per heavy atom. The average Bonchev–Trinajstić information content (AvgIpc) is 2.82. The van der Waals surface area contributed by atoms with E-state index in [1.807, 2.05) is 12.1 Å². The van der Waals surface area contributed by atoms with E-state index in [2.05, 4.69) is 30.3 Å². The Morgan fingerprint density at radius 1 is 0.933 bits per heavy atom. The highest BCUT2D eigenvalue weighted by atomic mass is 16.3. The molecule has 0 atom stereocenters. The fourth-order valence-corrected chi connectivity index (χ4v) is 2.09. The lowest BCUT2D eigenvalue weighted by Crippen LogP contribution is -1.97. The molecule has 2 aromatic rings. The minimum Gasteiger partial charge on any atom is -0.465 e. The van der Waals surface area contributed by atoms with Gasteiger partial charge in [0, 0.05) is 0 Å². The Kier molecular flexibility index (Phi) is 1.95. The van der Waals surface area contributed by atoms with E-state index in [9.17, 15) is 0 Å². The van der Waals surface area contributed by atoms with Gasteiger partial charge in [0.2, 0.25) is 0 Å². The quantitative estimate of drug-likeness (QED) is 0.676. The monoisotopic (exact) mass is 196 g/mol. The largest absolute Gasteiger partial charge is 0.465 e. The van der Waals surface area contributed by atoms with Crippen molar-refractivity contribution in [3.05, 3.63) is 59.5 Å². The number of furan rings is 1. The van der Waals surface area contributed by atoms with Crippen LogP contribution in [0.4, 0.5) is 0 Å². The first kappa shape index (κ1) is 8.54. The van der Waals surface area contributed by atoms with Gasteiger partial charge in [-0.15, -0.1) is 0 Å². The number of hydrogen-bond acceptors (Lipinski definition) is 1. The zero-order chi connectivity index (χ0) is 10.1. The van der Waals surface area contributed by atoms with E-state index in [0.717, 1.165) is 18.6 Å². The van der Waals surface area contributed by atoms with E-state index in [1.165, 1.54) is 16.7 Å². The minimum atomic E-state index is 1.00. The summed E-state index contributed by atoms with van der Waals surface area (Å²) in [4.78, 5) is 0. The molecule has 1 aromatic carbocycles. The van der Waals surface area contributed by atoms with Gasteiger partial charge in [-0.25, -0.2) is 0 Å². The third-order valence-corrected chi connectivity index (χ3v) is 2.89. The second-order valence-corrected chi connectivity index (χ2v) is 3.85.